The molecule has 21 heavy (non-hydrogen) atoms. The molecule has 1 aromatic carbocycles. The van der Waals surface area contributed by atoms with E-state index in [0.29, 0.717) is 5.69 Å². The molecule has 1 N–H and O–H groups in total. The molecule has 0 saturated heterocycles. The Labute approximate surface area is 129 Å². The summed E-state index contributed by atoms with van der Waals surface area (Å²) in [7, 11) is -3.19. The van der Waals surface area contributed by atoms with E-state index in [2.05, 4.69) is 24.0 Å². The van der Waals surface area contributed by atoms with Crippen LogP contribution in [0.3, 0.4) is 0 Å². The van der Waals surface area contributed by atoms with Crippen molar-refractivity contribution in [1.82, 2.24) is 4.98 Å². The molecular formula is C15H19NO3S2. The lowest BCUT2D eigenvalue weighted by Crippen LogP contribution is -2.10. The van der Waals surface area contributed by atoms with Crippen molar-refractivity contribution >= 4 is 21.2 Å². The van der Waals surface area contributed by atoms with Crippen molar-refractivity contribution in [3.8, 4) is 10.6 Å². The van der Waals surface area contributed by atoms with Crippen molar-refractivity contribution < 1.29 is 13.5 Å². The highest BCUT2D eigenvalue weighted by molar-refractivity contribution is 7.90. The molecule has 0 fully saturated rings. The van der Waals surface area contributed by atoms with E-state index < -0.39 is 9.84 Å². The highest BCUT2D eigenvalue weighted by atomic mass is 32.2. The summed E-state index contributed by atoms with van der Waals surface area (Å²) in [6.45, 7) is 2.00. The molecule has 114 valence electrons. The van der Waals surface area contributed by atoms with Crippen molar-refractivity contribution in [2.75, 3.05) is 12.4 Å². The van der Waals surface area contributed by atoms with Gasteiger partial charge in [0.15, 0.2) is 9.84 Å². The topological polar surface area (TPSA) is 67.3 Å². The van der Waals surface area contributed by atoms with Crippen LogP contribution in [0.15, 0.2) is 29.6 Å². The van der Waals surface area contributed by atoms with Crippen LogP contribution < -0.4 is 0 Å². The van der Waals surface area contributed by atoms with Crippen LogP contribution in [0.1, 0.15) is 24.6 Å². The molecule has 0 spiro atoms. The highest BCUT2D eigenvalue weighted by Gasteiger charge is 2.14. The molecule has 0 aliphatic rings. The third kappa shape index (κ3) is 4.62. The molecule has 0 amide bonds. The van der Waals surface area contributed by atoms with Crippen molar-refractivity contribution in [2.45, 2.75) is 25.5 Å². The van der Waals surface area contributed by atoms with Crippen LogP contribution in [0.4, 0.5) is 0 Å². The average Bonchev–Trinajstić information content (AvgIpc) is 2.93. The largest absolute Gasteiger partial charge is 0.396 e. The molecule has 6 heteroatoms. The van der Waals surface area contributed by atoms with E-state index in [1.54, 1.807) is 5.38 Å². The smallest absolute Gasteiger partial charge is 0.156 e. The fraction of sp³-hybridized carbons (Fsp3) is 0.400. The summed E-state index contributed by atoms with van der Waals surface area (Å²) in [4.78, 5) is 4.41. The van der Waals surface area contributed by atoms with Crippen LogP contribution in [0.2, 0.25) is 0 Å². The zero-order chi connectivity index (χ0) is 15.3. The van der Waals surface area contributed by atoms with Crippen LogP contribution in [-0.2, 0) is 22.0 Å². The van der Waals surface area contributed by atoms with Gasteiger partial charge in [0, 0.05) is 17.6 Å². The van der Waals surface area contributed by atoms with Gasteiger partial charge in [-0.05, 0) is 18.4 Å². The first kappa shape index (κ1) is 16.1. The predicted molar refractivity (Wildman–Crippen MR) is 86.1 cm³/mol. The third-order valence-electron chi connectivity index (χ3n) is 3.14. The maximum absolute atomic E-state index is 11.8. The predicted octanol–water partition coefficient (Wildman–Crippen LogP) is 2.67. The van der Waals surface area contributed by atoms with E-state index in [1.807, 2.05) is 12.1 Å². The monoisotopic (exact) mass is 325 g/mol. The van der Waals surface area contributed by atoms with Gasteiger partial charge in [-0.15, -0.1) is 11.3 Å². The number of sulfone groups is 1. The SMILES string of the molecule is CCc1ccc(-c2nc(CS(=O)(=O)CCCO)cs2)cc1. The number of aliphatic hydroxyl groups is 1. The number of rotatable bonds is 7. The summed E-state index contributed by atoms with van der Waals surface area (Å²) >= 11 is 1.46. The van der Waals surface area contributed by atoms with Gasteiger partial charge in [-0.2, -0.15) is 0 Å². The molecule has 0 aliphatic heterocycles. The molecule has 4 nitrogen and oxygen atoms in total. The van der Waals surface area contributed by atoms with E-state index >= 15 is 0 Å². The van der Waals surface area contributed by atoms with Gasteiger partial charge in [0.05, 0.1) is 17.2 Å². The molecule has 1 aromatic heterocycles. The summed E-state index contributed by atoms with van der Waals surface area (Å²) < 4.78 is 23.7. The molecule has 0 saturated carbocycles. The zero-order valence-corrected chi connectivity index (χ0v) is 13.6. The number of thiazole rings is 1. The van der Waals surface area contributed by atoms with E-state index in [4.69, 9.17) is 5.11 Å². The molecule has 2 aromatic rings. The lowest BCUT2D eigenvalue weighted by molar-refractivity contribution is 0.295. The van der Waals surface area contributed by atoms with E-state index in [9.17, 15) is 8.42 Å². The first-order chi connectivity index (χ1) is 10.0. The fourth-order valence-corrected chi connectivity index (χ4v) is 4.21. The summed E-state index contributed by atoms with van der Waals surface area (Å²) in [6, 6.07) is 8.16. The Kier molecular flexibility index (Phi) is 5.50. The molecular weight excluding hydrogens is 306 g/mol. The second-order valence-electron chi connectivity index (χ2n) is 4.86. The summed E-state index contributed by atoms with van der Waals surface area (Å²) in [5.74, 6) is -0.0574. The molecule has 0 aliphatic carbocycles. The number of aliphatic hydroxyl groups excluding tert-OH is 1. The Hall–Kier alpha value is -1.24. The van der Waals surface area contributed by atoms with Gasteiger partial charge in [-0.1, -0.05) is 31.2 Å². The molecule has 0 unspecified atom stereocenters. The van der Waals surface area contributed by atoms with Crippen LogP contribution in [0.5, 0.6) is 0 Å². The summed E-state index contributed by atoms with van der Waals surface area (Å²) in [5, 5.41) is 11.3. The van der Waals surface area contributed by atoms with E-state index in [0.717, 1.165) is 17.0 Å². The standard InChI is InChI=1S/C15H19NO3S2/c1-2-12-4-6-13(7-5-12)15-16-14(10-20-15)11-21(18,19)9-3-8-17/h4-7,10,17H,2-3,8-9,11H2,1H3. The number of nitrogens with zero attached hydrogens (tertiary/aromatic N) is 1. The quantitative estimate of drug-likeness (QED) is 0.850. The van der Waals surface area contributed by atoms with Crippen LogP contribution in [0, 0.1) is 0 Å². The Balaban J connectivity index is 2.10. The summed E-state index contributed by atoms with van der Waals surface area (Å²) in [6.07, 6.45) is 1.27. The van der Waals surface area contributed by atoms with Crippen molar-refractivity contribution in [2.24, 2.45) is 0 Å². The van der Waals surface area contributed by atoms with Crippen LogP contribution in [0.25, 0.3) is 10.6 Å². The van der Waals surface area contributed by atoms with E-state index in [1.165, 1.54) is 16.9 Å². The second kappa shape index (κ2) is 7.15. The number of aromatic nitrogens is 1. The highest BCUT2D eigenvalue weighted by Crippen LogP contribution is 2.25. The minimum atomic E-state index is -3.19. The number of hydrogen-bond acceptors (Lipinski definition) is 5. The van der Waals surface area contributed by atoms with Crippen LogP contribution >= 0.6 is 11.3 Å². The maximum Gasteiger partial charge on any atom is 0.156 e. The van der Waals surface area contributed by atoms with Gasteiger partial charge in [0.1, 0.15) is 5.01 Å². The van der Waals surface area contributed by atoms with Gasteiger partial charge >= 0.3 is 0 Å². The van der Waals surface area contributed by atoms with Gasteiger partial charge in [0.25, 0.3) is 0 Å². The summed E-state index contributed by atoms with van der Waals surface area (Å²) in [5.41, 5.74) is 2.85. The molecule has 0 radical (unpaired) electrons. The van der Waals surface area contributed by atoms with E-state index in [-0.39, 0.29) is 24.5 Å². The molecule has 0 atom stereocenters. The minimum Gasteiger partial charge on any atom is -0.396 e. The average molecular weight is 325 g/mol. The van der Waals surface area contributed by atoms with Gasteiger partial charge < -0.3 is 5.11 Å². The lowest BCUT2D eigenvalue weighted by Gasteiger charge is -2.01. The number of aryl methyl sites for hydroxylation is 1. The molecule has 0 bridgehead atoms. The fourth-order valence-electron chi connectivity index (χ4n) is 1.97. The zero-order valence-electron chi connectivity index (χ0n) is 11.9. The number of hydrogen-bond donors (Lipinski definition) is 1. The minimum absolute atomic E-state index is 0.00154. The first-order valence-corrected chi connectivity index (χ1v) is 9.59. The Bertz CT molecular complexity index is 675. The third-order valence-corrected chi connectivity index (χ3v) is 5.73. The van der Waals surface area contributed by atoms with Gasteiger partial charge in [-0.25, -0.2) is 13.4 Å². The lowest BCUT2D eigenvalue weighted by atomic mass is 10.1. The van der Waals surface area contributed by atoms with Crippen molar-refractivity contribution in [3.05, 3.63) is 40.9 Å². The van der Waals surface area contributed by atoms with Gasteiger partial charge in [-0.3, -0.25) is 0 Å². The van der Waals surface area contributed by atoms with Crippen molar-refractivity contribution in [1.29, 1.82) is 0 Å². The van der Waals surface area contributed by atoms with Crippen LogP contribution in [-0.4, -0.2) is 30.9 Å². The Morgan fingerprint density at radius 1 is 1.24 bits per heavy atom. The normalized spacial score (nSPS) is 11.7. The Morgan fingerprint density at radius 3 is 2.57 bits per heavy atom. The number of benzene rings is 1. The molecule has 2 rings (SSSR count). The van der Waals surface area contributed by atoms with Gasteiger partial charge in [0.2, 0.25) is 0 Å². The first-order valence-electron chi connectivity index (χ1n) is 6.89. The van der Waals surface area contributed by atoms with Crippen molar-refractivity contribution in [3.63, 3.8) is 0 Å². The maximum atomic E-state index is 11.8. The second-order valence-corrected chi connectivity index (χ2v) is 7.91. The molecule has 1 heterocycles. The Morgan fingerprint density at radius 2 is 1.95 bits per heavy atom.